The first-order valence-corrected chi connectivity index (χ1v) is 10.5. The molecule has 0 aliphatic carbocycles. The molecular formula is C11H18N2O8P2. The van der Waals surface area contributed by atoms with Gasteiger partial charge in [0.05, 0.1) is 26.4 Å². The van der Waals surface area contributed by atoms with Gasteiger partial charge in [0.1, 0.15) is 18.1 Å². The lowest BCUT2D eigenvalue weighted by molar-refractivity contribution is -0.131. The summed E-state index contributed by atoms with van der Waals surface area (Å²) in [7, 11) is -6.95. The predicted molar refractivity (Wildman–Crippen MR) is 76.9 cm³/mol. The van der Waals surface area contributed by atoms with Crippen LogP contribution in [-0.2, 0) is 32.0 Å². The van der Waals surface area contributed by atoms with Crippen molar-refractivity contribution in [2.45, 2.75) is 19.4 Å². The van der Waals surface area contributed by atoms with Gasteiger partial charge in [-0.25, -0.2) is 9.69 Å². The Hall–Kier alpha value is -0.760. The maximum Gasteiger partial charge on any atom is 0.350 e. The standard InChI is InChI=1S/C11H18N2O8P2/c1-11(2)9(14)12(7-22(16)18-3-4-19-22)10(15)13(11)8-23(17)20-5-6-21-23/h3-8H2,1-2H3. The van der Waals surface area contributed by atoms with Gasteiger partial charge in [-0.2, -0.15) is 0 Å². The quantitative estimate of drug-likeness (QED) is 0.541. The van der Waals surface area contributed by atoms with E-state index in [2.05, 4.69) is 0 Å². The van der Waals surface area contributed by atoms with Gasteiger partial charge in [-0.05, 0) is 13.8 Å². The summed E-state index contributed by atoms with van der Waals surface area (Å²) >= 11 is 0. The van der Waals surface area contributed by atoms with Crippen LogP contribution in [0.4, 0.5) is 4.79 Å². The number of hydrogen-bond acceptors (Lipinski definition) is 8. The highest BCUT2D eigenvalue weighted by molar-refractivity contribution is 7.54. The Balaban J connectivity index is 1.81. The van der Waals surface area contributed by atoms with Crippen molar-refractivity contribution < 1.29 is 36.8 Å². The van der Waals surface area contributed by atoms with Gasteiger partial charge in [-0.15, -0.1) is 0 Å². The van der Waals surface area contributed by atoms with E-state index in [4.69, 9.17) is 18.1 Å². The number of amides is 3. The van der Waals surface area contributed by atoms with Crippen LogP contribution in [0.1, 0.15) is 13.8 Å². The number of imide groups is 1. The van der Waals surface area contributed by atoms with E-state index >= 15 is 0 Å². The van der Waals surface area contributed by atoms with E-state index in [1.54, 1.807) is 0 Å². The van der Waals surface area contributed by atoms with Gasteiger partial charge in [0.25, 0.3) is 5.91 Å². The van der Waals surface area contributed by atoms with Gasteiger partial charge in [-0.1, -0.05) is 0 Å². The monoisotopic (exact) mass is 368 g/mol. The van der Waals surface area contributed by atoms with Crippen molar-refractivity contribution in [3.63, 3.8) is 0 Å². The first-order chi connectivity index (χ1) is 10.7. The molecule has 3 amide bonds. The third-order valence-electron chi connectivity index (χ3n) is 3.85. The lowest BCUT2D eigenvalue weighted by Crippen LogP contribution is -2.44. The van der Waals surface area contributed by atoms with Crippen LogP contribution in [-0.4, -0.2) is 66.3 Å². The summed E-state index contributed by atoms with van der Waals surface area (Å²) in [5, 5.41) is 0. The number of urea groups is 1. The van der Waals surface area contributed by atoms with Gasteiger partial charge in [-0.3, -0.25) is 18.8 Å². The summed E-state index contributed by atoms with van der Waals surface area (Å²) in [6, 6.07) is -0.719. The molecular weight excluding hydrogens is 350 g/mol. The maximum atomic E-state index is 12.6. The Morgan fingerprint density at radius 2 is 1.35 bits per heavy atom. The summed E-state index contributed by atoms with van der Waals surface area (Å²) in [6.45, 7) is 3.68. The second-order valence-corrected chi connectivity index (χ2v) is 9.88. The molecule has 0 N–H and O–H groups in total. The summed E-state index contributed by atoms with van der Waals surface area (Å²) in [5.74, 6) is -0.567. The van der Waals surface area contributed by atoms with Gasteiger partial charge in [0, 0.05) is 0 Å². The van der Waals surface area contributed by atoms with Crippen LogP contribution in [0.2, 0.25) is 0 Å². The van der Waals surface area contributed by atoms with Crippen molar-refractivity contribution in [3.8, 4) is 0 Å². The van der Waals surface area contributed by atoms with Gasteiger partial charge >= 0.3 is 21.2 Å². The third-order valence-corrected chi connectivity index (χ3v) is 7.42. The fourth-order valence-corrected chi connectivity index (χ4v) is 5.87. The molecule has 3 heterocycles. The number of hydrogen-bond donors (Lipinski definition) is 0. The molecule has 23 heavy (non-hydrogen) atoms. The van der Waals surface area contributed by atoms with E-state index in [1.807, 2.05) is 0 Å². The van der Waals surface area contributed by atoms with Crippen molar-refractivity contribution >= 4 is 27.1 Å². The van der Waals surface area contributed by atoms with E-state index in [0.717, 1.165) is 9.80 Å². The van der Waals surface area contributed by atoms with Crippen molar-refractivity contribution in [2.24, 2.45) is 0 Å². The minimum Gasteiger partial charge on any atom is -0.305 e. The molecule has 10 nitrogen and oxygen atoms in total. The van der Waals surface area contributed by atoms with Crippen LogP contribution in [0, 0.1) is 0 Å². The summed E-state index contributed by atoms with van der Waals surface area (Å²) in [6.07, 6.45) is -0.802. The zero-order chi connectivity index (χ0) is 16.9. The molecule has 3 rings (SSSR count). The molecule has 0 bridgehead atoms. The molecule has 3 fully saturated rings. The molecule has 0 aromatic heterocycles. The van der Waals surface area contributed by atoms with Crippen molar-refractivity contribution in [3.05, 3.63) is 0 Å². The minimum absolute atomic E-state index is 0.150. The number of carbonyl (C=O) groups excluding carboxylic acids is 2. The number of nitrogens with zero attached hydrogens (tertiary/aromatic N) is 2. The second kappa shape index (κ2) is 5.65. The lowest BCUT2D eigenvalue weighted by Gasteiger charge is -2.28. The topological polar surface area (TPSA) is 112 Å². The van der Waals surface area contributed by atoms with Crippen LogP contribution >= 0.6 is 15.2 Å². The van der Waals surface area contributed by atoms with Crippen molar-refractivity contribution in [1.29, 1.82) is 0 Å². The highest BCUT2D eigenvalue weighted by atomic mass is 31.2. The summed E-state index contributed by atoms with van der Waals surface area (Å²) in [5.41, 5.74) is -1.26. The average Bonchev–Trinajstić information content (AvgIpc) is 3.13. The molecule has 0 spiro atoms. The largest absolute Gasteiger partial charge is 0.350 e. The number of rotatable bonds is 4. The third kappa shape index (κ3) is 2.99. The van der Waals surface area contributed by atoms with Gasteiger partial charge < -0.3 is 18.1 Å². The molecule has 0 aromatic carbocycles. The van der Waals surface area contributed by atoms with Crippen LogP contribution in [0.5, 0.6) is 0 Å². The smallest absolute Gasteiger partial charge is 0.305 e. The lowest BCUT2D eigenvalue weighted by atomic mass is 10.1. The minimum atomic E-state index is -3.50. The molecule has 0 atom stereocenters. The van der Waals surface area contributed by atoms with Crippen molar-refractivity contribution in [2.75, 3.05) is 39.0 Å². The van der Waals surface area contributed by atoms with E-state index in [9.17, 15) is 18.7 Å². The first kappa shape index (κ1) is 17.1. The molecule has 130 valence electrons. The Bertz CT molecular complexity index is 616. The summed E-state index contributed by atoms with van der Waals surface area (Å²) in [4.78, 5) is 27.0. The first-order valence-electron chi connectivity index (χ1n) is 7.07. The van der Waals surface area contributed by atoms with Crippen LogP contribution in [0.15, 0.2) is 0 Å². The molecule has 0 aromatic rings. The fraction of sp³-hybridized carbons (Fsp3) is 0.818. The van der Waals surface area contributed by atoms with E-state index in [0.29, 0.717) is 0 Å². The zero-order valence-corrected chi connectivity index (χ0v) is 14.6. The van der Waals surface area contributed by atoms with Gasteiger partial charge in [0.15, 0.2) is 0 Å². The molecule has 12 heteroatoms. The molecule has 0 saturated carbocycles. The molecule has 3 aliphatic heterocycles. The highest BCUT2D eigenvalue weighted by Gasteiger charge is 2.56. The van der Waals surface area contributed by atoms with Crippen LogP contribution in [0.3, 0.4) is 0 Å². The summed E-state index contributed by atoms with van der Waals surface area (Å²) < 4.78 is 44.8. The van der Waals surface area contributed by atoms with Crippen molar-refractivity contribution in [1.82, 2.24) is 9.80 Å². The normalized spacial score (nSPS) is 28.8. The Kier molecular flexibility index (Phi) is 4.20. The van der Waals surface area contributed by atoms with Crippen LogP contribution < -0.4 is 0 Å². The molecule has 0 unspecified atom stereocenters. The molecule has 3 saturated heterocycles. The van der Waals surface area contributed by atoms with E-state index < -0.39 is 39.0 Å². The van der Waals surface area contributed by atoms with E-state index in [1.165, 1.54) is 13.8 Å². The number of carbonyl (C=O) groups is 2. The van der Waals surface area contributed by atoms with Gasteiger partial charge in [0.2, 0.25) is 0 Å². The second-order valence-electron chi connectivity index (χ2n) is 5.84. The Morgan fingerprint density at radius 1 is 0.913 bits per heavy atom. The zero-order valence-electron chi connectivity index (χ0n) is 12.8. The van der Waals surface area contributed by atoms with E-state index in [-0.39, 0.29) is 32.7 Å². The predicted octanol–water partition coefficient (Wildman–Crippen LogP) is 1.42. The Morgan fingerprint density at radius 3 is 1.83 bits per heavy atom. The maximum absolute atomic E-state index is 12.6. The van der Waals surface area contributed by atoms with Crippen LogP contribution in [0.25, 0.3) is 0 Å². The molecule has 0 radical (unpaired) electrons. The fourth-order valence-electron chi connectivity index (χ4n) is 2.57. The average molecular weight is 368 g/mol. The molecule has 3 aliphatic rings. The SMILES string of the molecule is CC1(C)C(=O)N(CP2(=O)OCCO2)C(=O)N1CP1(=O)OCCO1. The Labute approximate surface area is 133 Å². The highest BCUT2D eigenvalue weighted by Crippen LogP contribution is 2.56.